The molecule has 3 rings (SSSR count). The van der Waals surface area contributed by atoms with E-state index in [4.69, 9.17) is 4.74 Å². The lowest BCUT2D eigenvalue weighted by molar-refractivity contribution is -0.312. The molecule has 1 aliphatic rings. The number of rotatable bonds is 5. The maximum atomic E-state index is 14.0. The molecule has 8 nitrogen and oxygen atoms in total. The van der Waals surface area contributed by atoms with Crippen molar-refractivity contribution >= 4 is 35.6 Å². The van der Waals surface area contributed by atoms with Crippen LogP contribution in [0.3, 0.4) is 0 Å². The van der Waals surface area contributed by atoms with Crippen LogP contribution in [-0.4, -0.2) is 29.9 Å². The van der Waals surface area contributed by atoms with Gasteiger partial charge in [0.15, 0.2) is 0 Å². The van der Waals surface area contributed by atoms with Crippen molar-refractivity contribution in [2.75, 3.05) is 4.90 Å². The number of amides is 4. The maximum absolute atomic E-state index is 14.0. The van der Waals surface area contributed by atoms with Gasteiger partial charge in [0.05, 0.1) is 11.7 Å². The normalized spacial score (nSPS) is 16.6. The quantitative estimate of drug-likeness (QED) is 0.595. The first-order valence-electron chi connectivity index (χ1n) is 8.41. The largest absolute Gasteiger partial charge is 0.546 e. The summed E-state index contributed by atoms with van der Waals surface area (Å²) in [7, 11) is 0. The number of benzene rings is 2. The Morgan fingerprint density at radius 3 is 2.41 bits per heavy atom. The maximum Gasteiger partial charge on any atom is 0.336 e. The Hall–Kier alpha value is -4.01. The topological polar surface area (TPSA) is 116 Å². The Morgan fingerprint density at radius 1 is 1.14 bits per heavy atom. The Balaban J connectivity index is 1.89. The Morgan fingerprint density at radius 2 is 1.79 bits per heavy atom. The van der Waals surface area contributed by atoms with Gasteiger partial charge in [-0.05, 0) is 42.8 Å². The van der Waals surface area contributed by atoms with E-state index in [9.17, 15) is 28.7 Å². The van der Waals surface area contributed by atoms with E-state index in [1.807, 2.05) is 5.32 Å². The van der Waals surface area contributed by atoms with Crippen molar-refractivity contribution in [1.82, 2.24) is 5.32 Å². The molecule has 29 heavy (non-hydrogen) atoms. The van der Waals surface area contributed by atoms with Gasteiger partial charge in [-0.2, -0.15) is 0 Å². The van der Waals surface area contributed by atoms with Gasteiger partial charge in [-0.25, -0.2) is 14.1 Å². The molecule has 2 aromatic carbocycles. The lowest BCUT2D eigenvalue weighted by Gasteiger charge is -2.26. The number of aliphatic carboxylic acids is 1. The minimum absolute atomic E-state index is 0.242. The summed E-state index contributed by atoms with van der Waals surface area (Å²) in [5, 5.41) is 12.7. The molecular formula is C20H14FN2O6-. The summed E-state index contributed by atoms with van der Waals surface area (Å²) < 4.78 is 19.2. The summed E-state index contributed by atoms with van der Waals surface area (Å²) in [6.07, 6.45) is 0.0643. The van der Waals surface area contributed by atoms with Gasteiger partial charge < -0.3 is 14.6 Å². The number of carbonyl (C=O) groups is 4. The molecule has 1 atom stereocenters. The molecule has 1 heterocycles. The van der Waals surface area contributed by atoms with Crippen LogP contribution in [0, 0.1) is 5.82 Å². The van der Waals surface area contributed by atoms with Crippen LogP contribution in [0.15, 0.2) is 54.1 Å². The number of carboxylic acid groups (broad SMARTS) is 1. The first kappa shape index (κ1) is 19.7. The molecule has 1 aliphatic heterocycles. The number of halogens is 1. The first-order chi connectivity index (χ1) is 13.8. The number of carbonyl (C=O) groups excluding carboxylic acids is 4. The number of hydrogen-bond donors (Lipinski definition) is 1. The fraction of sp³-hybridized carbons (Fsp3) is 0.100. The Kier molecular flexibility index (Phi) is 5.40. The van der Waals surface area contributed by atoms with E-state index in [1.54, 1.807) is 0 Å². The molecule has 4 amide bonds. The Labute approximate surface area is 164 Å². The second kappa shape index (κ2) is 7.93. The average molecular weight is 397 g/mol. The van der Waals surface area contributed by atoms with Gasteiger partial charge in [0, 0.05) is 0 Å². The minimum atomic E-state index is -1.38. The van der Waals surface area contributed by atoms with E-state index in [2.05, 4.69) is 0 Å². The fourth-order valence-electron chi connectivity index (χ4n) is 2.57. The van der Waals surface area contributed by atoms with Crippen molar-refractivity contribution in [1.29, 1.82) is 0 Å². The van der Waals surface area contributed by atoms with Crippen LogP contribution in [-0.2, 0) is 14.4 Å². The fourth-order valence-corrected chi connectivity index (χ4v) is 2.57. The molecule has 0 aromatic heterocycles. The van der Waals surface area contributed by atoms with Gasteiger partial charge in [0.2, 0.25) is 0 Å². The van der Waals surface area contributed by atoms with Crippen molar-refractivity contribution in [3.8, 4) is 5.75 Å². The predicted octanol–water partition coefficient (Wildman–Crippen LogP) is 1.01. The van der Waals surface area contributed by atoms with E-state index in [0.717, 1.165) is 6.07 Å². The van der Waals surface area contributed by atoms with Crippen molar-refractivity contribution in [3.63, 3.8) is 0 Å². The summed E-state index contributed by atoms with van der Waals surface area (Å²) >= 11 is 0. The third-order valence-corrected chi connectivity index (χ3v) is 4.03. The second-order valence-corrected chi connectivity index (χ2v) is 6.06. The number of imide groups is 2. The summed E-state index contributed by atoms with van der Waals surface area (Å²) in [5.41, 5.74) is -0.252. The third-order valence-electron chi connectivity index (χ3n) is 4.03. The molecule has 0 radical (unpaired) electrons. The predicted molar refractivity (Wildman–Crippen MR) is 96.9 cm³/mol. The first-order valence-corrected chi connectivity index (χ1v) is 8.41. The zero-order valence-electron chi connectivity index (χ0n) is 15.0. The van der Waals surface area contributed by atoms with Gasteiger partial charge in [0.25, 0.3) is 11.8 Å². The van der Waals surface area contributed by atoms with Gasteiger partial charge in [-0.15, -0.1) is 0 Å². The number of nitrogens with one attached hydrogen (secondary N) is 1. The monoisotopic (exact) mass is 397 g/mol. The van der Waals surface area contributed by atoms with Crippen LogP contribution in [0.5, 0.6) is 5.75 Å². The lowest BCUT2D eigenvalue weighted by atomic mass is 10.1. The zero-order valence-corrected chi connectivity index (χ0v) is 15.0. The molecule has 0 saturated carbocycles. The van der Waals surface area contributed by atoms with Crippen LogP contribution in [0.1, 0.15) is 12.5 Å². The van der Waals surface area contributed by atoms with Crippen LogP contribution < -0.4 is 20.1 Å². The number of para-hydroxylation sites is 1. The van der Waals surface area contributed by atoms with Crippen molar-refractivity contribution < 1.29 is 33.4 Å². The SMILES string of the molecule is C[C@H](Oc1ccc(/C=C2\C(=O)NC(=O)N(c3ccccc3F)C2=O)cc1)C(=O)[O-]. The van der Waals surface area contributed by atoms with E-state index in [0.29, 0.717) is 10.5 Å². The number of barbiturate groups is 1. The van der Waals surface area contributed by atoms with E-state index < -0.39 is 35.7 Å². The lowest BCUT2D eigenvalue weighted by Crippen LogP contribution is -2.54. The van der Waals surface area contributed by atoms with E-state index in [1.165, 1.54) is 55.5 Å². The molecule has 0 unspecified atom stereocenters. The third kappa shape index (κ3) is 4.13. The van der Waals surface area contributed by atoms with Crippen molar-refractivity contribution in [2.24, 2.45) is 0 Å². The van der Waals surface area contributed by atoms with Gasteiger partial charge in [-0.3, -0.25) is 14.9 Å². The summed E-state index contributed by atoms with van der Waals surface area (Å²) in [6.45, 7) is 1.31. The minimum Gasteiger partial charge on any atom is -0.546 e. The zero-order chi connectivity index (χ0) is 21.1. The average Bonchev–Trinajstić information content (AvgIpc) is 2.67. The molecule has 0 bridgehead atoms. The van der Waals surface area contributed by atoms with Crippen molar-refractivity contribution in [2.45, 2.75) is 13.0 Å². The molecule has 148 valence electrons. The molecule has 0 aliphatic carbocycles. The summed E-state index contributed by atoms with van der Waals surface area (Å²) in [6, 6.07) is 9.97. The summed E-state index contributed by atoms with van der Waals surface area (Å²) in [4.78, 5) is 48.2. The number of hydrogen-bond acceptors (Lipinski definition) is 6. The van der Waals surface area contributed by atoms with Crippen molar-refractivity contribution in [3.05, 3.63) is 65.5 Å². The standard InChI is InChI=1S/C20H15FN2O6/c1-11(19(26)27)29-13-8-6-12(7-9-13)10-14-17(24)22-20(28)23(18(14)25)16-5-3-2-4-15(16)21/h2-11H,1H3,(H,26,27)(H,22,24,28)/p-1/b14-10+/t11-/m0/s1. The highest BCUT2D eigenvalue weighted by atomic mass is 19.1. The highest BCUT2D eigenvalue weighted by molar-refractivity contribution is 6.39. The highest BCUT2D eigenvalue weighted by Crippen LogP contribution is 2.24. The number of ether oxygens (including phenoxy) is 1. The van der Waals surface area contributed by atoms with Crippen LogP contribution >= 0.6 is 0 Å². The molecule has 1 saturated heterocycles. The van der Waals surface area contributed by atoms with Crippen LogP contribution in [0.4, 0.5) is 14.9 Å². The number of urea groups is 1. The highest BCUT2D eigenvalue weighted by Gasteiger charge is 2.37. The smallest absolute Gasteiger partial charge is 0.336 e. The number of carboxylic acids is 1. The molecule has 2 aromatic rings. The van der Waals surface area contributed by atoms with Crippen LogP contribution in [0.25, 0.3) is 6.08 Å². The molecular weight excluding hydrogens is 383 g/mol. The van der Waals surface area contributed by atoms with Gasteiger partial charge >= 0.3 is 6.03 Å². The molecule has 0 spiro atoms. The number of anilines is 1. The molecule has 1 N–H and O–H groups in total. The number of nitrogens with zero attached hydrogens (tertiary/aromatic N) is 1. The van der Waals surface area contributed by atoms with Gasteiger partial charge in [0.1, 0.15) is 23.2 Å². The Bertz CT molecular complexity index is 1030. The van der Waals surface area contributed by atoms with E-state index >= 15 is 0 Å². The molecule has 9 heteroatoms. The van der Waals surface area contributed by atoms with E-state index in [-0.39, 0.29) is 17.0 Å². The van der Waals surface area contributed by atoms with Crippen LogP contribution in [0.2, 0.25) is 0 Å². The summed E-state index contributed by atoms with van der Waals surface area (Å²) in [5.74, 6) is -3.83. The second-order valence-electron chi connectivity index (χ2n) is 6.06. The molecule has 1 fully saturated rings. The van der Waals surface area contributed by atoms with Gasteiger partial charge in [-0.1, -0.05) is 24.3 Å².